The van der Waals surface area contributed by atoms with Gasteiger partial charge in [0.2, 0.25) is 0 Å². The zero-order chi connectivity index (χ0) is 20.4. The Morgan fingerprint density at radius 1 is 1.10 bits per heavy atom. The van der Waals surface area contributed by atoms with Crippen LogP contribution in [-0.4, -0.2) is 30.5 Å². The molecule has 1 heterocycles. The monoisotopic (exact) mass is 393 g/mol. The van der Waals surface area contributed by atoms with Gasteiger partial charge in [-0.2, -0.15) is 0 Å². The lowest BCUT2D eigenvalue weighted by atomic mass is 9.95. The number of aromatic amines is 1. The number of carbonyl (C=O) groups is 2. The Labute approximate surface area is 168 Å². The van der Waals surface area contributed by atoms with Crippen LogP contribution >= 0.6 is 0 Å². The van der Waals surface area contributed by atoms with Crippen molar-refractivity contribution in [2.24, 2.45) is 5.73 Å². The van der Waals surface area contributed by atoms with Gasteiger partial charge in [0, 0.05) is 33.9 Å². The lowest BCUT2D eigenvalue weighted by Gasteiger charge is -2.12. The summed E-state index contributed by atoms with van der Waals surface area (Å²) in [5.41, 5.74) is 9.93. The fraction of sp³-hybridized carbons (Fsp3) is 0.273. The van der Waals surface area contributed by atoms with Gasteiger partial charge < -0.3 is 25.5 Å². The number of hydrogen-bond acceptors (Lipinski definition) is 4. The van der Waals surface area contributed by atoms with Crippen molar-refractivity contribution in [3.05, 3.63) is 53.2 Å². The van der Waals surface area contributed by atoms with Crippen LogP contribution in [0.15, 0.2) is 36.4 Å². The van der Waals surface area contributed by atoms with Crippen LogP contribution in [0.3, 0.4) is 0 Å². The number of nitrogens with two attached hydrogens (primary N) is 1. The third kappa shape index (κ3) is 3.89. The molecule has 0 saturated carbocycles. The molecule has 0 fully saturated rings. The first kappa shape index (κ1) is 18.9. The normalized spacial score (nSPS) is 13.0. The number of primary amides is 1. The lowest BCUT2D eigenvalue weighted by Crippen LogP contribution is -2.20. The largest absolute Gasteiger partial charge is 0.493 e. The predicted molar refractivity (Wildman–Crippen MR) is 111 cm³/mol. The van der Waals surface area contributed by atoms with Crippen LogP contribution in [0, 0.1) is 0 Å². The maximum atomic E-state index is 12.8. The zero-order valence-electron chi connectivity index (χ0n) is 16.2. The van der Waals surface area contributed by atoms with Gasteiger partial charge in [0.1, 0.15) is 0 Å². The molecule has 2 aromatic carbocycles. The average molecular weight is 393 g/mol. The second-order valence-corrected chi connectivity index (χ2v) is 7.12. The summed E-state index contributed by atoms with van der Waals surface area (Å²) in [6.45, 7) is -0.275. The molecule has 0 atom stereocenters. The highest BCUT2D eigenvalue weighted by molar-refractivity contribution is 6.06. The molecule has 0 unspecified atom stereocenters. The molecule has 1 aliphatic rings. The van der Waals surface area contributed by atoms with E-state index < -0.39 is 5.91 Å². The summed E-state index contributed by atoms with van der Waals surface area (Å²) in [5, 5.41) is 3.99. The molecule has 0 radical (unpaired) electrons. The Morgan fingerprint density at radius 2 is 1.93 bits per heavy atom. The van der Waals surface area contributed by atoms with E-state index in [-0.39, 0.29) is 12.5 Å². The summed E-state index contributed by atoms with van der Waals surface area (Å²) in [5.74, 6) is -0.0304. The number of fused-ring (bicyclic) bond motifs is 3. The first-order valence-corrected chi connectivity index (χ1v) is 9.59. The van der Waals surface area contributed by atoms with E-state index in [4.69, 9.17) is 15.2 Å². The summed E-state index contributed by atoms with van der Waals surface area (Å²) in [4.78, 5) is 27.3. The first-order chi connectivity index (χ1) is 14.0. The van der Waals surface area contributed by atoms with Crippen molar-refractivity contribution in [3.63, 3.8) is 0 Å². The number of aryl methyl sites for hydroxylation is 2. The van der Waals surface area contributed by atoms with Gasteiger partial charge >= 0.3 is 0 Å². The molecule has 4 rings (SSSR count). The number of anilines is 1. The number of methoxy groups -OCH3 is 1. The van der Waals surface area contributed by atoms with Crippen LogP contribution in [0.25, 0.3) is 10.9 Å². The van der Waals surface area contributed by atoms with Crippen LogP contribution in [0.4, 0.5) is 5.69 Å². The van der Waals surface area contributed by atoms with Crippen molar-refractivity contribution in [2.75, 3.05) is 19.0 Å². The summed E-state index contributed by atoms with van der Waals surface area (Å²) < 4.78 is 10.6. The van der Waals surface area contributed by atoms with Crippen molar-refractivity contribution in [1.29, 1.82) is 0 Å². The number of amides is 2. The second-order valence-electron chi connectivity index (χ2n) is 7.12. The van der Waals surface area contributed by atoms with Gasteiger partial charge in [0.15, 0.2) is 18.1 Å². The van der Waals surface area contributed by atoms with Gasteiger partial charge in [-0.25, -0.2) is 0 Å². The highest BCUT2D eigenvalue weighted by atomic mass is 16.5. The average Bonchev–Trinajstić information content (AvgIpc) is 3.10. The molecular weight excluding hydrogens is 370 g/mol. The molecule has 4 N–H and O–H groups in total. The number of benzene rings is 2. The van der Waals surface area contributed by atoms with Gasteiger partial charge in [-0.15, -0.1) is 0 Å². The topological polar surface area (TPSA) is 106 Å². The maximum absolute atomic E-state index is 12.8. The molecule has 2 amide bonds. The molecule has 0 spiro atoms. The Bertz CT molecular complexity index is 1090. The number of hydrogen-bond donors (Lipinski definition) is 3. The smallest absolute Gasteiger partial charge is 0.255 e. The fourth-order valence-electron chi connectivity index (χ4n) is 3.77. The van der Waals surface area contributed by atoms with E-state index in [1.54, 1.807) is 18.2 Å². The van der Waals surface area contributed by atoms with Gasteiger partial charge in [-0.05, 0) is 61.6 Å². The van der Waals surface area contributed by atoms with Gasteiger partial charge in [-0.1, -0.05) is 0 Å². The third-order valence-electron chi connectivity index (χ3n) is 5.15. The summed E-state index contributed by atoms with van der Waals surface area (Å²) in [7, 11) is 1.50. The molecule has 3 aromatic rings. The Hall–Kier alpha value is -3.48. The molecule has 7 heteroatoms. The number of carbonyl (C=O) groups excluding carboxylic acids is 2. The van der Waals surface area contributed by atoms with Crippen molar-refractivity contribution >= 4 is 28.4 Å². The van der Waals surface area contributed by atoms with Crippen LogP contribution in [-0.2, 0) is 17.6 Å². The lowest BCUT2D eigenvalue weighted by molar-refractivity contribution is -0.119. The number of rotatable bonds is 6. The zero-order valence-corrected chi connectivity index (χ0v) is 16.2. The van der Waals surface area contributed by atoms with Crippen molar-refractivity contribution in [2.45, 2.75) is 25.7 Å². The molecule has 0 saturated heterocycles. The Morgan fingerprint density at radius 3 is 2.72 bits per heavy atom. The standard InChI is InChI=1S/C22H23N3O4/c1-28-19-9-7-14(11-20(19)29-12-21(23)26)24-22(27)13-6-8-18-16(10-13)15-4-2-3-5-17(15)25-18/h6-11,25H,2-5,12H2,1H3,(H2,23,26)(H,24,27). The van der Waals surface area contributed by atoms with Gasteiger partial charge in [0.25, 0.3) is 11.8 Å². The van der Waals surface area contributed by atoms with E-state index in [0.717, 1.165) is 23.7 Å². The second kappa shape index (κ2) is 7.87. The molecule has 7 nitrogen and oxygen atoms in total. The Balaban J connectivity index is 1.57. The van der Waals surface area contributed by atoms with E-state index in [1.165, 1.54) is 31.2 Å². The minimum absolute atomic E-state index is 0.219. The van der Waals surface area contributed by atoms with Crippen molar-refractivity contribution in [3.8, 4) is 11.5 Å². The van der Waals surface area contributed by atoms with Crippen LogP contribution in [0.1, 0.15) is 34.5 Å². The SMILES string of the molecule is COc1ccc(NC(=O)c2ccc3[nH]c4c(c3c2)CCCC4)cc1OCC(N)=O. The highest BCUT2D eigenvalue weighted by Crippen LogP contribution is 2.32. The number of nitrogens with one attached hydrogen (secondary N) is 2. The quantitative estimate of drug-likeness (QED) is 0.598. The highest BCUT2D eigenvalue weighted by Gasteiger charge is 2.17. The Kier molecular flexibility index (Phi) is 5.12. The fourth-order valence-corrected chi connectivity index (χ4v) is 3.77. The van der Waals surface area contributed by atoms with E-state index in [9.17, 15) is 9.59 Å². The predicted octanol–water partition coefficient (Wildman–Crippen LogP) is 3.17. The minimum atomic E-state index is -0.593. The summed E-state index contributed by atoms with van der Waals surface area (Å²) in [6.07, 6.45) is 4.48. The molecular formula is C22H23N3O4. The van der Waals surface area contributed by atoms with Crippen LogP contribution in [0.5, 0.6) is 11.5 Å². The van der Waals surface area contributed by atoms with Gasteiger partial charge in [0.05, 0.1) is 7.11 Å². The number of H-pyrrole nitrogens is 1. The summed E-state index contributed by atoms with van der Waals surface area (Å²) >= 11 is 0. The molecule has 0 aliphatic heterocycles. The molecule has 1 aliphatic carbocycles. The van der Waals surface area contributed by atoms with Crippen molar-refractivity contribution < 1.29 is 19.1 Å². The third-order valence-corrected chi connectivity index (χ3v) is 5.15. The minimum Gasteiger partial charge on any atom is -0.493 e. The number of ether oxygens (including phenoxy) is 2. The summed E-state index contributed by atoms with van der Waals surface area (Å²) in [6, 6.07) is 10.7. The maximum Gasteiger partial charge on any atom is 0.255 e. The molecule has 29 heavy (non-hydrogen) atoms. The van der Waals surface area contributed by atoms with Gasteiger partial charge in [-0.3, -0.25) is 9.59 Å². The van der Waals surface area contributed by atoms with Crippen molar-refractivity contribution in [1.82, 2.24) is 4.98 Å². The number of aromatic nitrogens is 1. The molecule has 150 valence electrons. The van der Waals surface area contributed by atoms with Crippen LogP contribution in [0.2, 0.25) is 0 Å². The molecule has 1 aromatic heterocycles. The van der Waals surface area contributed by atoms with E-state index in [1.807, 2.05) is 18.2 Å². The molecule has 0 bridgehead atoms. The van der Waals surface area contributed by atoms with E-state index in [2.05, 4.69) is 10.3 Å². The van der Waals surface area contributed by atoms with E-state index in [0.29, 0.717) is 22.7 Å². The van der Waals surface area contributed by atoms with E-state index >= 15 is 0 Å². The van der Waals surface area contributed by atoms with Crippen LogP contribution < -0.4 is 20.5 Å². The first-order valence-electron chi connectivity index (χ1n) is 9.59.